The van der Waals surface area contributed by atoms with E-state index in [1.807, 2.05) is 12.1 Å². The minimum atomic E-state index is -1.07. The molecule has 0 atom stereocenters. The van der Waals surface area contributed by atoms with E-state index < -0.39 is 11.9 Å². The molecule has 212 valence electrons. The number of fused-ring (bicyclic) bond motifs is 1. The minimum Gasteiger partial charge on any atom is -0.478 e. The molecule has 3 aromatic rings. The van der Waals surface area contributed by atoms with Crippen molar-refractivity contribution >= 4 is 34.6 Å². The lowest BCUT2D eigenvalue weighted by molar-refractivity contribution is 0.0486. The summed E-state index contributed by atoms with van der Waals surface area (Å²) in [5.74, 6) is -1.57. The molecule has 0 aliphatic rings. The van der Waals surface area contributed by atoms with Gasteiger partial charge in [-0.15, -0.1) is 0 Å². The van der Waals surface area contributed by atoms with Gasteiger partial charge in [-0.3, -0.25) is 9.97 Å². The third kappa shape index (κ3) is 12.2. The number of ether oxygens (including phenoxy) is 1. The summed E-state index contributed by atoms with van der Waals surface area (Å²) in [6, 6.07) is 10.5. The maximum atomic E-state index is 12.6. The maximum Gasteiger partial charge on any atom is 0.339 e. The lowest BCUT2D eigenvalue weighted by Gasteiger charge is -2.12. The zero-order chi connectivity index (χ0) is 28.3. The Morgan fingerprint density at radius 2 is 1.41 bits per heavy atom. The van der Waals surface area contributed by atoms with E-state index in [9.17, 15) is 14.7 Å². The highest BCUT2D eigenvalue weighted by Gasteiger charge is 2.21. The van der Waals surface area contributed by atoms with Crippen LogP contribution in [0.4, 0.5) is 0 Å². The zero-order valence-electron chi connectivity index (χ0n) is 23.5. The maximum absolute atomic E-state index is 12.6. The first kappa shape index (κ1) is 32.2. The van der Waals surface area contributed by atoms with Gasteiger partial charge in [-0.05, 0) is 49.1 Å². The van der Waals surface area contributed by atoms with Crippen molar-refractivity contribution in [3.63, 3.8) is 0 Å². The van der Waals surface area contributed by atoms with Crippen molar-refractivity contribution in [2.45, 2.75) is 97.3 Å². The summed E-state index contributed by atoms with van der Waals surface area (Å²) in [5.41, 5.74) is 2.80. The number of halogens is 1. The quantitative estimate of drug-likeness (QED) is 0.140. The molecular weight excluding hydrogens is 512 g/mol. The van der Waals surface area contributed by atoms with Crippen LogP contribution >= 0.6 is 11.6 Å². The first-order chi connectivity index (χ1) is 19.0. The van der Waals surface area contributed by atoms with E-state index in [0.717, 1.165) is 48.7 Å². The zero-order valence-corrected chi connectivity index (χ0v) is 24.2. The number of carboxylic acid groups (broad SMARTS) is 1. The number of hydrogen-bond acceptors (Lipinski definition) is 5. The molecule has 0 aliphatic heterocycles. The molecule has 0 spiro atoms. The number of aryl methyl sites for hydroxylation is 1. The van der Waals surface area contributed by atoms with E-state index in [1.54, 1.807) is 30.6 Å². The summed E-state index contributed by atoms with van der Waals surface area (Å²) in [7, 11) is 0. The summed E-state index contributed by atoms with van der Waals surface area (Å²) in [6.07, 6.45) is 17.7. The number of unbranched alkanes of at least 4 members (excludes halogenated alkanes) is 10. The monoisotopic (exact) mass is 554 g/mol. The number of hydrogen-bond donors (Lipinski definition) is 1. The molecule has 1 N–H and O–H groups in total. The Morgan fingerprint density at radius 3 is 2.08 bits per heavy atom. The van der Waals surface area contributed by atoms with Gasteiger partial charge < -0.3 is 9.84 Å². The molecule has 0 aliphatic carbocycles. The molecule has 6 nitrogen and oxygen atoms in total. The van der Waals surface area contributed by atoms with Crippen LogP contribution in [0.3, 0.4) is 0 Å². The average molecular weight is 555 g/mol. The van der Waals surface area contributed by atoms with E-state index >= 15 is 0 Å². The van der Waals surface area contributed by atoms with E-state index in [-0.39, 0.29) is 11.1 Å². The molecule has 0 saturated carbocycles. The Hall–Kier alpha value is -2.99. The van der Waals surface area contributed by atoms with Crippen molar-refractivity contribution in [3.8, 4) is 0 Å². The Morgan fingerprint density at radius 1 is 0.795 bits per heavy atom. The highest BCUT2D eigenvalue weighted by atomic mass is 35.5. The molecule has 0 radical (unpaired) electrons. The molecule has 0 bridgehead atoms. The molecule has 3 rings (SSSR count). The molecule has 0 saturated heterocycles. The van der Waals surface area contributed by atoms with E-state index in [0.29, 0.717) is 18.1 Å². The topological polar surface area (TPSA) is 89.4 Å². The number of benzene rings is 2. The third-order valence-corrected chi connectivity index (χ3v) is 6.78. The fourth-order valence-electron chi connectivity index (χ4n) is 4.38. The second kappa shape index (κ2) is 19.1. The van der Waals surface area contributed by atoms with Crippen molar-refractivity contribution in [3.05, 3.63) is 70.5 Å². The Kier molecular flexibility index (Phi) is 15.8. The molecule has 0 unspecified atom stereocenters. The van der Waals surface area contributed by atoms with Crippen LogP contribution in [0.25, 0.3) is 11.0 Å². The first-order valence-electron chi connectivity index (χ1n) is 14.4. The fourth-order valence-corrected chi connectivity index (χ4v) is 4.55. The standard InChI is InChI=1S/C24H38O4.C8H5ClN2/c1-3-5-7-9-11-13-16-20-17-15-18-21(23(25)26)22(20)24(27)28-19-14-12-10-8-6-4-2;9-6-1-2-7-8(5-6)11-4-3-10-7/h15,17-18H,3-14,16,19H2,1-2H3,(H,25,26);1-5H. The van der Waals surface area contributed by atoms with Gasteiger partial charge in [-0.25, -0.2) is 9.59 Å². The number of carboxylic acids is 1. The summed E-state index contributed by atoms with van der Waals surface area (Å²) in [6.45, 7) is 4.74. The average Bonchev–Trinajstić information content (AvgIpc) is 2.94. The van der Waals surface area contributed by atoms with Crippen LogP contribution in [-0.2, 0) is 11.2 Å². The van der Waals surface area contributed by atoms with Crippen LogP contribution < -0.4 is 0 Å². The van der Waals surface area contributed by atoms with Crippen molar-refractivity contribution in [1.29, 1.82) is 0 Å². The smallest absolute Gasteiger partial charge is 0.339 e. The van der Waals surface area contributed by atoms with Gasteiger partial charge in [0, 0.05) is 17.4 Å². The predicted molar refractivity (Wildman–Crippen MR) is 159 cm³/mol. The van der Waals surface area contributed by atoms with Gasteiger partial charge in [0.15, 0.2) is 0 Å². The first-order valence-corrected chi connectivity index (χ1v) is 14.7. The van der Waals surface area contributed by atoms with Gasteiger partial charge in [0.1, 0.15) is 0 Å². The highest BCUT2D eigenvalue weighted by Crippen LogP contribution is 2.20. The number of carbonyl (C=O) groups is 2. The van der Waals surface area contributed by atoms with Crippen LogP contribution in [0.1, 0.15) is 117 Å². The molecular formula is C32H43ClN2O4. The van der Waals surface area contributed by atoms with Gasteiger partial charge in [0.2, 0.25) is 0 Å². The Bertz CT molecular complexity index is 1150. The van der Waals surface area contributed by atoms with Gasteiger partial charge in [-0.1, -0.05) is 102 Å². The summed E-state index contributed by atoms with van der Waals surface area (Å²) in [5, 5.41) is 10.2. The minimum absolute atomic E-state index is 0.0522. The fraction of sp³-hybridized carbons (Fsp3) is 0.500. The van der Waals surface area contributed by atoms with E-state index in [1.165, 1.54) is 51.0 Å². The third-order valence-electron chi connectivity index (χ3n) is 6.55. The second-order valence-electron chi connectivity index (χ2n) is 9.76. The molecule has 0 fully saturated rings. The van der Waals surface area contributed by atoms with Crippen LogP contribution in [0.15, 0.2) is 48.8 Å². The second-order valence-corrected chi connectivity index (χ2v) is 10.2. The Labute approximate surface area is 238 Å². The summed E-state index contributed by atoms with van der Waals surface area (Å²) >= 11 is 5.75. The summed E-state index contributed by atoms with van der Waals surface area (Å²) < 4.78 is 5.42. The van der Waals surface area contributed by atoms with Gasteiger partial charge >= 0.3 is 11.9 Å². The van der Waals surface area contributed by atoms with Gasteiger partial charge in [0.05, 0.1) is 28.8 Å². The number of aromatic carboxylic acids is 1. The predicted octanol–water partition coefficient (Wildman–Crippen LogP) is 9.09. The number of carbonyl (C=O) groups excluding carboxylic acids is 1. The molecule has 1 aromatic heterocycles. The van der Waals surface area contributed by atoms with Gasteiger partial charge in [-0.2, -0.15) is 0 Å². The van der Waals surface area contributed by atoms with Crippen molar-refractivity contribution in [2.24, 2.45) is 0 Å². The SMILES string of the molecule is CCCCCCCCOC(=O)c1c(CCCCCCCC)cccc1C(=O)O.Clc1ccc2nccnc2c1. The van der Waals surface area contributed by atoms with Crippen LogP contribution in [0.5, 0.6) is 0 Å². The molecule has 2 aromatic carbocycles. The lowest BCUT2D eigenvalue weighted by atomic mass is 9.96. The molecule has 0 amide bonds. The number of rotatable bonds is 16. The van der Waals surface area contributed by atoms with Crippen LogP contribution in [0, 0.1) is 0 Å². The highest BCUT2D eigenvalue weighted by molar-refractivity contribution is 6.31. The Balaban J connectivity index is 0.000000397. The molecule has 39 heavy (non-hydrogen) atoms. The van der Waals surface area contributed by atoms with Crippen molar-refractivity contribution < 1.29 is 19.4 Å². The van der Waals surface area contributed by atoms with Crippen molar-refractivity contribution in [1.82, 2.24) is 9.97 Å². The largest absolute Gasteiger partial charge is 0.478 e. The summed E-state index contributed by atoms with van der Waals surface area (Å²) in [4.78, 5) is 32.4. The van der Waals surface area contributed by atoms with E-state index in [4.69, 9.17) is 16.3 Å². The lowest BCUT2D eigenvalue weighted by Crippen LogP contribution is -2.15. The van der Waals surface area contributed by atoms with Crippen molar-refractivity contribution in [2.75, 3.05) is 6.61 Å². The molecule has 7 heteroatoms. The normalized spacial score (nSPS) is 10.6. The van der Waals surface area contributed by atoms with E-state index in [2.05, 4.69) is 23.8 Å². The van der Waals surface area contributed by atoms with Gasteiger partial charge in [0.25, 0.3) is 0 Å². The number of esters is 1. The number of aromatic nitrogens is 2. The van der Waals surface area contributed by atoms with Crippen LogP contribution in [0.2, 0.25) is 5.02 Å². The van der Waals surface area contributed by atoms with Crippen LogP contribution in [-0.4, -0.2) is 33.6 Å². The number of nitrogens with zero attached hydrogens (tertiary/aromatic N) is 2. The molecule has 1 heterocycles.